The first-order valence-electron chi connectivity index (χ1n) is 6.42. The Balaban J connectivity index is 2.04. The zero-order valence-electron chi connectivity index (χ0n) is 11.2. The largest absolute Gasteiger partial charge is 0.305 e. The molecule has 0 amide bonds. The molecule has 0 atom stereocenters. The van der Waals surface area contributed by atoms with Crippen LogP contribution in [0.15, 0.2) is 27.6 Å². The number of benzene rings is 1. The molecule has 0 unspecified atom stereocenters. The molecule has 1 heterocycles. The van der Waals surface area contributed by atoms with Gasteiger partial charge in [0, 0.05) is 29.0 Å². The van der Waals surface area contributed by atoms with Crippen molar-refractivity contribution in [3.05, 3.63) is 28.2 Å². The van der Waals surface area contributed by atoms with Crippen molar-refractivity contribution in [3.63, 3.8) is 0 Å². The van der Waals surface area contributed by atoms with E-state index < -0.39 is 0 Å². The van der Waals surface area contributed by atoms with Crippen molar-refractivity contribution in [2.75, 3.05) is 39.5 Å². The van der Waals surface area contributed by atoms with Crippen LogP contribution in [0.25, 0.3) is 0 Å². The van der Waals surface area contributed by atoms with Gasteiger partial charge < -0.3 is 4.90 Å². The highest BCUT2D eigenvalue weighted by atomic mass is 79.9. The SMILES string of the molecule is CSc1cc(Br)ccc1CN1CCCN(C)CC1. The Hall–Kier alpha value is -0.0300. The van der Waals surface area contributed by atoms with Crippen molar-refractivity contribution in [3.8, 4) is 0 Å². The molecule has 4 heteroatoms. The zero-order chi connectivity index (χ0) is 13.0. The van der Waals surface area contributed by atoms with E-state index in [1.165, 1.54) is 47.5 Å². The zero-order valence-corrected chi connectivity index (χ0v) is 13.6. The van der Waals surface area contributed by atoms with Crippen LogP contribution in [0.1, 0.15) is 12.0 Å². The van der Waals surface area contributed by atoms with Gasteiger partial charge in [-0.3, -0.25) is 4.90 Å². The third-order valence-corrected chi connectivity index (χ3v) is 4.77. The summed E-state index contributed by atoms with van der Waals surface area (Å²) in [5.74, 6) is 0. The average Bonchev–Trinajstić information content (AvgIpc) is 2.56. The number of hydrogen-bond acceptors (Lipinski definition) is 3. The first kappa shape index (κ1) is 14.4. The summed E-state index contributed by atoms with van der Waals surface area (Å²) in [5, 5.41) is 0. The maximum atomic E-state index is 3.55. The lowest BCUT2D eigenvalue weighted by Crippen LogP contribution is -2.28. The molecule has 2 nitrogen and oxygen atoms in total. The quantitative estimate of drug-likeness (QED) is 0.786. The van der Waals surface area contributed by atoms with E-state index >= 15 is 0 Å². The molecule has 1 aromatic carbocycles. The molecule has 100 valence electrons. The van der Waals surface area contributed by atoms with Crippen molar-refractivity contribution >= 4 is 27.7 Å². The van der Waals surface area contributed by atoms with Crippen LogP contribution in [0, 0.1) is 0 Å². The summed E-state index contributed by atoms with van der Waals surface area (Å²) in [6.45, 7) is 5.89. The van der Waals surface area contributed by atoms with Crippen LogP contribution in [0.4, 0.5) is 0 Å². The van der Waals surface area contributed by atoms with Gasteiger partial charge >= 0.3 is 0 Å². The van der Waals surface area contributed by atoms with Gasteiger partial charge in [-0.1, -0.05) is 22.0 Å². The number of halogens is 1. The number of thioether (sulfide) groups is 1. The second kappa shape index (κ2) is 6.94. The minimum Gasteiger partial charge on any atom is -0.305 e. The molecule has 1 aliphatic heterocycles. The Morgan fingerprint density at radius 3 is 2.83 bits per heavy atom. The van der Waals surface area contributed by atoms with E-state index in [-0.39, 0.29) is 0 Å². The maximum absolute atomic E-state index is 3.55. The Labute approximate surface area is 123 Å². The number of rotatable bonds is 3. The van der Waals surface area contributed by atoms with Crippen LogP contribution in [-0.2, 0) is 6.54 Å². The topological polar surface area (TPSA) is 6.48 Å². The fraction of sp³-hybridized carbons (Fsp3) is 0.571. The number of hydrogen-bond donors (Lipinski definition) is 0. The molecule has 2 rings (SSSR count). The van der Waals surface area contributed by atoms with Gasteiger partial charge in [-0.05, 0) is 50.5 Å². The van der Waals surface area contributed by atoms with Crippen molar-refractivity contribution in [2.24, 2.45) is 0 Å². The minimum atomic E-state index is 1.08. The Bertz CT molecular complexity index is 397. The van der Waals surface area contributed by atoms with Gasteiger partial charge in [0.2, 0.25) is 0 Å². The monoisotopic (exact) mass is 328 g/mol. The van der Waals surface area contributed by atoms with E-state index in [4.69, 9.17) is 0 Å². The van der Waals surface area contributed by atoms with Crippen LogP contribution in [0.5, 0.6) is 0 Å². The van der Waals surface area contributed by atoms with Gasteiger partial charge in [0.05, 0.1) is 0 Å². The Morgan fingerprint density at radius 1 is 1.22 bits per heavy atom. The highest BCUT2D eigenvalue weighted by molar-refractivity contribution is 9.10. The summed E-state index contributed by atoms with van der Waals surface area (Å²) < 4.78 is 1.17. The van der Waals surface area contributed by atoms with Crippen molar-refractivity contribution in [1.29, 1.82) is 0 Å². The van der Waals surface area contributed by atoms with Gasteiger partial charge in [-0.15, -0.1) is 11.8 Å². The number of nitrogens with zero attached hydrogens (tertiary/aromatic N) is 2. The third kappa shape index (κ3) is 3.98. The molecule has 0 aliphatic carbocycles. The van der Waals surface area contributed by atoms with Gasteiger partial charge in [-0.25, -0.2) is 0 Å². The van der Waals surface area contributed by atoms with Crippen LogP contribution in [0.2, 0.25) is 0 Å². The lowest BCUT2D eigenvalue weighted by atomic mass is 10.2. The van der Waals surface area contributed by atoms with Gasteiger partial charge in [0.25, 0.3) is 0 Å². The summed E-state index contributed by atoms with van der Waals surface area (Å²) >= 11 is 5.39. The fourth-order valence-corrected chi connectivity index (χ4v) is 3.50. The molecule has 18 heavy (non-hydrogen) atoms. The van der Waals surface area contributed by atoms with E-state index in [0.717, 1.165) is 6.54 Å². The van der Waals surface area contributed by atoms with Crippen LogP contribution >= 0.6 is 27.7 Å². The molecular weight excluding hydrogens is 308 g/mol. The highest BCUT2D eigenvalue weighted by Gasteiger charge is 2.13. The predicted molar refractivity (Wildman–Crippen MR) is 83.3 cm³/mol. The Morgan fingerprint density at radius 2 is 2.06 bits per heavy atom. The van der Waals surface area contributed by atoms with E-state index in [9.17, 15) is 0 Å². The van der Waals surface area contributed by atoms with E-state index in [1.54, 1.807) is 0 Å². The lowest BCUT2D eigenvalue weighted by molar-refractivity contribution is 0.267. The molecule has 0 N–H and O–H groups in total. The molecule has 1 aromatic rings. The molecule has 1 saturated heterocycles. The average molecular weight is 329 g/mol. The summed E-state index contributed by atoms with van der Waals surface area (Å²) in [5.41, 5.74) is 1.45. The molecule has 0 saturated carbocycles. The van der Waals surface area contributed by atoms with Crippen molar-refractivity contribution in [1.82, 2.24) is 9.80 Å². The second-order valence-corrected chi connectivity index (χ2v) is 6.65. The summed E-state index contributed by atoms with van der Waals surface area (Å²) in [6.07, 6.45) is 3.43. The lowest BCUT2D eigenvalue weighted by Gasteiger charge is -2.21. The smallest absolute Gasteiger partial charge is 0.0245 e. The molecule has 1 aliphatic rings. The van der Waals surface area contributed by atoms with Crippen molar-refractivity contribution in [2.45, 2.75) is 17.9 Å². The van der Waals surface area contributed by atoms with E-state index in [2.05, 4.69) is 57.2 Å². The predicted octanol–water partition coefficient (Wildman–Crippen LogP) is 3.31. The minimum absolute atomic E-state index is 1.08. The van der Waals surface area contributed by atoms with Gasteiger partial charge in [0.1, 0.15) is 0 Å². The van der Waals surface area contributed by atoms with Crippen molar-refractivity contribution < 1.29 is 0 Å². The highest BCUT2D eigenvalue weighted by Crippen LogP contribution is 2.26. The summed E-state index contributed by atoms with van der Waals surface area (Å²) in [6, 6.07) is 6.63. The Kier molecular flexibility index (Phi) is 5.55. The third-order valence-electron chi connectivity index (χ3n) is 3.46. The van der Waals surface area contributed by atoms with Crippen LogP contribution in [-0.4, -0.2) is 49.3 Å². The summed E-state index contributed by atoms with van der Waals surface area (Å²) in [7, 11) is 2.22. The van der Waals surface area contributed by atoms with Crippen LogP contribution in [0.3, 0.4) is 0 Å². The van der Waals surface area contributed by atoms with E-state index in [0.29, 0.717) is 0 Å². The number of likely N-dealkylation sites (N-methyl/N-ethyl adjacent to an activating group) is 1. The first-order valence-corrected chi connectivity index (χ1v) is 8.44. The summed E-state index contributed by atoms with van der Waals surface area (Å²) in [4.78, 5) is 6.39. The second-order valence-electron chi connectivity index (χ2n) is 4.89. The molecule has 0 bridgehead atoms. The standard InChI is InChI=1S/C14H21BrN2S/c1-16-6-3-7-17(9-8-16)11-12-4-5-13(15)10-14(12)18-2/h4-5,10H,3,6-9,11H2,1-2H3. The fourth-order valence-electron chi connectivity index (χ4n) is 2.35. The first-order chi connectivity index (χ1) is 8.69. The maximum Gasteiger partial charge on any atom is 0.0245 e. The van der Waals surface area contributed by atoms with Gasteiger partial charge in [-0.2, -0.15) is 0 Å². The van der Waals surface area contributed by atoms with Crippen LogP contribution < -0.4 is 0 Å². The molecule has 0 spiro atoms. The van der Waals surface area contributed by atoms with Gasteiger partial charge in [0.15, 0.2) is 0 Å². The normalized spacial score (nSPS) is 18.8. The molecule has 0 aromatic heterocycles. The molecule has 0 radical (unpaired) electrons. The van der Waals surface area contributed by atoms with E-state index in [1.807, 2.05) is 11.8 Å². The molecular formula is C14H21BrN2S. The molecule has 1 fully saturated rings.